The van der Waals surface area contributed by atoms with Crippen molar-refractivity contribution in [2.75, 3.05) is 13.1 Å². The maximum Gasteiger partial charge on any atom is 0.226 e. The number of nitrogens with zero attached hydrogens (tertiary/aromatic N) is 1. The highest BCUT2D eigenvalue weighted by Crippen LogP contribution is 2.32. The molecule has 118 valence electrons. The Morgan fingerprint density at radius 2 is 1.73 bits per heavy atom. The lowest BCUT2D eigenvalue weighted by molar-refractivity contribution is -0.137. The minimum Gasteiger partial charge on any atom is -0.388 e. The van der Waals surface area contributed by atoms with Gasteiger partial charge in [-0.25, -0.2) is 4.39 Å². The van der Waals surface area contributed by atoms with Crippen molar-refractivity contribution in [3.63, 3.8) is 0 Å². The molecule has 1 N–H and O–H groups in total. The molecule has 1 atom stereocenters. The predicted octanol–water partition coefficient (Wildman–Crippen LogP) is 3.06. The van der Waals surface area contributed by atoms with Crippen molar-refractivity contribution in [2.24, 2.45) is 11.8 Å². The van der Waals surface area contributed by atoms with E-state index in [1.54, 1.807) is 12.1 Å². The van der Waals surface area contributed by atoms with Gasteiger partial charge in [-0.05, 0) is 49.3 Å². The second-order valence-corrected chi connectivity index (χ2v) is 6.30. The monoisotopic (exact) mass is 303 g/mol. The maximum atomic E-state index is 12.9. The molecule has 3 nitrogen and oxygen atoms in total. The van der Waals surface area contributed by atoms with E-state index in [1.165, 1.54) is 12.1 Å². The molecule has 1 aromatic rings. The predicted molar refractivity (Wildman–Crippen MR) is 82.5 cm³/mol. The topological polar surface area (TPSA) is 40.5 Å². The van der Waals surface area contributed by atoms with Gasteiger partial charge in [-0.3, -0.25) is 4.79 Å². The van der Waals surface area contributed by atoms with Crippen LogP contribution in [0.1, 0.15) is 37.4 Å². The third kappa shape index (κ3) is 3.22. The van der Waals surface area contributed by atoms with Gasteiger partial charge in [0.2, 0.25) is 5.91 Å². The smallest absolute Gasteiger partial charge is 0.226 e. The summed E-state index contributed by atoms with van der Waals surface area (Å²) >= 11 is 0. The molecule has 1 unspecified atom stereocenters. The van der Waals surface area contributed by atoms with Crippen LogP contribution in [0, 0.1) is 17.7 Å². The molecule has 1 heterocycles. The third-order valence-electron chi connectivity index (χ3n) is 4.87. The molecular weight excluding hydrogens is 281 g/mol. The van der Waals surface area contributed by atoms with E-state index in [2.05, 4.69) is 12.2 Å². The summed E-state index contributed by atoms with van der Waals surface area (Å²) in [6.07, 6.45) is 6.88. The number of amides is 1. The molecule has 0 radical (unpaired) electrons. The summed E-state index contributed by atoms with van der Waals surface area (Å²) in [5, 5.41) is 10.4. The van der Waals surface area contributed by atoms with Crippen molar-refractivity contribution < 1.29 is 14.3 Å². The van der Waals surface area contributed by atoms with Gasteiger partial charge in [0, 0.05) is 19.0 Å². The zero-order valence-electron chi connectivity index (χ0n) is 12.6. The number of piperidine rings is 1. The van der Waals surface area contributed by atoms with Crippen LogP contribution in [0.15, 0.2) is 36.4 Å². The first-order valence-electron chi connectivity index (χ1n) is 8.02. The number of hydrogen-bond donors (Lipinski definition) is 1. The highest BCUT2D eigenvalue weighted by atomic mass is 19.1. The molecule has 1 aliphatic carbocycles. The molecule has 0 saturated carbocycles. The first-order chi connectivity index (χ1) is 10.6. The molecule has 0 aromatic heterocycles. The second-order valence-electron chi connectivity index (χ2n) is 6.30. The molecule has 1 aromatic carbocycles. The summed E-state index contributed by atoms with van der Waals surface area (Å²) < 4.78 is 12.9. The normalized spacial score (nSPS) is 21.3. The number of allylic oxidation sites excluding steroid dienone is 2. The molecule has 1 aliphatic heterocycles. The fourth-order valence-electron chi connectivity index (χ4n) is 3.44. The number of aliphatic hydroxyl groups is 1. The lowest BCUT2D eigenvalue weighted by atomic mass is 9.87. The average Bonchev–Trinajstić information content (AvgIpc) is 3.09. The Kier molecular flexibility index (Phi) is 4.57. The number of likely N-dealkylation sites (tertiary alicyclic amines) is 1. The molecule has 22 heavy (non-hydrogen) atoms. The number of carbonyl (C=O) groups excluding carboxylic acids is 1. The Morgan fingerprint density at radius 3 is 2.32 bits per heavy atom. The van der Waals surface area contributed by atoms with Crippen LogP contribution in [0.2, 0.25) is 0 Å². The molecule has 3 rings (SSSR count). The highest BCUT2D eigenvalue weighted by Gasteiger charge is 2.31. The van der Waals surface area contributed by atoms with Crippen molar-refractivity contribution in [1.82, 2.24) is 4.90 Å². The standard InChI is InChI=1S/C18H22FNO2/c19-16-7-5-13(6-8-16)17(21)14-9-11-20(12-10-14)18(22)15-3-1-2-4-15/h1-2,5-8,14-15,17,21H,3-4,9-12H2. The Bertz CT molecular complexity index is 539. The highest BCUT2D eigenvalue weighted by molar-refractivity contribution is 5.79. The Balaban J connectivity index is 1.54. The fraction of sp³-hybridized carbons (Fsp3) is 0.500. The van der Waals surface area contributed by atoms with Crippen LogP contribution in [-0.2, 0) is 4.79 Å². The zero-order valence-corrected chi connectivity index (χ0v) is 12.6. The fourth-order valence-corrected chi connectivity index (χ4v) is 3.44. The second kappa shape index (κ2) is 6.61. The molecule has 1 saturated heterocycles. The van der Waals surface area contributed by atoms with Gasteiger partial charge in [-0.15, -0.1) is 0 Å². The van der Waals surface area contributed by atoms with Gasteiger partial charge < -0.3 is 10.0 Å². The van der Waals surface area contributed by atoms with Crippen LogP contribution >= 0.6 is 0 Å². The summed E-state index contributed by atoms with van der Waals surface area (Å²) in [7, 11) is 0. The first-order valence-corrected chi connectivity index (χ1v) is 8.02. The van der Waals surface area contributed by atoms with E-state index in [-0.39, 0.29) is 23.6 Å². The lowest BCUT2D eigenvalue weighted by Crippen LogP contribution is -2.42. The summed E-state index contributed by atoms with van der Waals surface area (Å²) in [6.45, 7) is 1.41. The van der Waals surface area contributed by atoms with Crippen molar-refractivity contribution in [3.8, 4) is 0 Å². The molecule has 4 heteroatoms. The van der Waals surface area contributed by atoms with Gasteiger partial charge in [0.1, 0.15) is 5.82 Å². The third-order valence-corrected chi connectivity index (χ3v) is 4.87. The number of benzene rings is 1. The minimum absolute atomic E-state index is 0.124. The van der Waals surface area contributed by atoms with Crippen molar-refractivity contribution in [3.05, 3.63) is 47.8 Å². The van der Waals surface area contributed by atoms with Crippen molar-refractivity contribution >= 4 is 5.91 Å². The Morgan fingerprint density at radius 1 is 1.14 bits per heavy atom. The van der Waals surface area contributed by atoms with Crippen LogP contribution in [0.5, 0.6) is 0 Å². The van der Waals surface area contributed by atoms with Gasteiger partial charge in [-0.1, -0.05) is 24.3 Å². The van der Waals surface area contributed by atoms with E-state index < -0.39 is 6.10 Å². The zero-order chi connectivity index (χ0) is 15.5. The summed E-state index contributed by atoms with van der Waals surface area (Å²) in [4.78, 5) is 14.3. The van der Waals surface area contributed by atoms with E-state index in [9.17, 15) is 14.3 Å². The Hall–Kier alpha value is -1.68. The largest absolute Gasteiger partial charge is 0.388 e. The number of carbonyl (C=O) groups is 1. The molecule has 1 amide bonds. The van der Waals surface area contributed by atoms with Gasteiger partial charge >= 0.3 is 0 Å². The van der Waals surface area contributed by atoms with E-state index in [4.69, 9.17) is 0 Å². The van der Waals surface area contributed by atoms with Crippen LogP contribution < -0.4 is 0 Å². The minimum atomic E-state index is -0.578. The van der Waals surface area contributed by atoms with E-state index >= 15 is 0 Å². The van der Waals surface area contributed by atoms with E-state index in [0.717, 1.165) is 31.2 Å². The van der Waals surface area contributed by atoms with Gasteiger partial charge in [0.15, 0.2) is 0 Å². The number of rotatable bonds is 3. The summed E-state index contributed by atoms with van der Waals surface area (Å²) in [5.74, 6) is 0.219. The molecular formula is C18H22FNO2. The molecule has 0 bridgehead atoms. The quantitative estimate of drug-likeness (QED) is 0.872. The number of aliphatic hydroxyl groups excluding tert-OH is 1. The SMILES string of the molecule is O=C(C1CC=CC1)N1CCC(C(O)c2ccc(F)cc2)CC1. The van der Waals surface area contributed by atoms with Gasteiger partial charge in [-0.2, -0.15) is 0 Å². The summed E-state index contributed by atoms with van der Waals surface area (Å²) in [5.41, 5.74) is 0.756. The maximum absolute atomic E-state index is 12.9. The van der Waals surface area contributed by atoms with E-state index in [1.807, 2.05) is 4.90 Å². The first kappa shape index (κ1) is 15.2. The van der Waals surface area contributed by atoms with Crippen LogP contribution in [0.25, 0.3) is 0 Å². The van der Waals surface area contributed by atoms with E-state index in [0.29, 0.717) is 13.1 Å². The molecule has 0 spiro atoms. The van der Waals surface area contributed by atoms with Crippen molar-refractivity contribution in [2.45, 2.75) is 31.8 Å². The van der Waals surface area contributed by atoms with Crippen LogP contribution in [0.3, 0.4) is 0 Å². The van der Waals surface area contributed by atoms with Gasteiger partial charge in [0.05, 0.1) is 6.10 Å². The number of hydrogen-bond acceptors (Lipinski definition) is 2. The number of halogens is 1. The van der Waals surface area contributed by atoms with Gasteiger partial charge in [0.25, 0.3) is 0 Å². The lowest BCUT2D eigenvalue weighted by Gasteiger charge is -2.35. The van der Waals surface area contributed by atoms with Crippen molar-refractivity contribution in [1.29, 1.82) is 0 Å². The Labute approximate surface area is 130 Å². The van der Waals surface area contributed by atoms with Crippen LogP contribution in [0.4, 0.5) is 4.39 Å². The molecule has 2 aliphatic rings. The average molecular weight is 303 g/mol. The molecule has 1 fully saturated rings. The van der Waals surface area contributed by atoms with Crippen LogP contribution in [-0.4, -0.2) is 29.0 Å². The summed E-state index contributed by atoms with van der Waals surface area (Å²) in [6, 6.07) is 6.04.